The van der Waals surface area contributed by atoms with E-state index in [0.717, 1.165) is 14.5 Å². The highest BCUT2D eigenvalue weighted by Gasteiger charge is 2.20. The summed E-state index contributed by atoms with van der Waals surface area (Å²) in [6.07, 6.45) is 0. The van der Waals surface area contributed by atoms with Crippen molar-refractivity contribution in [3.05, 3.63) is 62.5 Å². The highest BCUT2D eigenvalue weighted by Crippen LogP contribution is 2.23. The highest BCUT2D eigenvalue weighted by atomic mass is 79.9. The van der Waals surface area contributed by atoms with Crippen LogP contribution in [0.15, 0.2) is 56.3 Å². The molecule has 1 atom stereocenters. The maximum absolute atomic E-state index is 12.5. The quantitative estimate of drug-likeness (QED) is 0.769. The molecule has 2 aromatic rings. The van der Waals surface area contributed by atoms with Gasteiger partial charge < -0.3 is 0 Å². The Hall–Kier alpha value is -0.690. The predicted octanol–water partition coefficient (Wildman–Crippen LogP) is 4.56. The fourth-order valence-electron chi connectivity index (χ4n) is 1.98. The number of hydrogen-bond acceptors (Lipinski definition) is 2. The first-order valence-electron chi connectivity index (χ1n) is 6.33. The Morgan fingerprint density at radius 2 is 1.57 bits per heavy atom. The van der Waals surface area contributed by atoms with Crippen molar-refractivity contribution < 1.29 is 8.42 Å². The fraction of sp³-hybridized carbons (Fsp3) is 0.200. The minimum atomic E-state index is -3.56. The minimum absolute atomic E-state index is 0.292. The summed E-state index contributed by atoms with van der Waals surface area (Å²) in [4.78, 5) is 0.292. The molecule has 112 valence electrons. The molecule has 1 unspecified atom stereocenters. The number of nitrogens with one attached hydrogen (secondary N) is 1. The number of sulfonamides is 1. The molecular weight excluding hydrogens is 418 g/mol. The summed E-state index contributed by atoms with van der Waals surface area (Å²) in [5.74, 6) is 0. The summed E-state index contributed by atoms with van der Waals surface area (Å²) in [7, 11) is -3.56. The van der Waals surface area contributed by atoms with Crippen LogP contribution in [0.25, 0.3) is 0 Å². The van der Waals surface area contributed by atoms with Gasteiger partial charge in [-0.15, -0.1) is 0 Å². The smallest absolute Gasteiger partial charge is 0.207 e. The van der Waals surface area contributed by atoms with Crippen molar-refractivity contribution in [2.75, 3.05) is 0 Å². The number of aryl methyl sites for hydroxylation is 1. The van der Waals surface area contributed by atoms with Crippen molar-refractivity contribution in [2.24, 2.45) is 0 Å². The summed E-state index contributed by atoms with van der Waals surface area (Å²) < 4.78 is 29.4. The lowest BCUT2D eigenvalue weighted by molar-refractivity contribution is 0.566. The molecule has 6 heteroatoms. The molecular formula is C15H15Br2NO2S. The number of rotatable bonds is 4. The lowest BCUT2D eigenvalue weighted by atomic mass is 10.1. The second-order valence-corrected chi connectivity index (χ2v) is 8.32. The summed E-state index contributed by atoms with van der Waals surface area (Å²) in [5.41, 5.74) is 1.63. The van der Waals surface area contributed by atoms with E-state index in [1.807, 2.05) is 37.3 Å². The van der Waals surface area contributed by atoms with E-state index in [2.05, 4.69) is 36.6 Å². The van der Waals surface area contributed by atoms with Crippen LogP contribution in [0, 0.1) is 6.92 Å². The van der Waals surface area contributed by atoms with Crippen LogP contribution < -0.4 is 4.72 Å². The number of hydrogen-bond donors (Lipinski definition) is 1. The number of benzene rings is 2. The summed E-state index contributed by atoms with van der Waals surface area (Å²) >= 11 is 6.68. The molecule has 21 heavy (non-hydrogen) atoms. The van der Waals surface area contributed by atoms with Crippen molar-refractivity contribution in [1.82, 2.24) is 4.72 Å². The normalized spacial score (nSPS) is 13.1. The van der Waals surface area contributed by atoms with Crippen LogP contribution in [0.2, 0.25) is 0 Å². The zero-order valence-corrected chi connectivity index (χ0v) is 15.6. The van der Waals surface area contributed by atoms with Crippen molar-refractivity contribution in [3.63, 3.8) is 0 Å². The van der Waals surface area contributed by atoms with Gasteiger partial charge in [-0.05, 0) is 49.2 Å². The van der Waals surface area contributed by atoms with E-state index in [4.69, 9.17) is 0 Å². The zero-order chi connectivity index (χ0) is 15.6. The molecule has 0 saturated carbocycles. The average molecular weight is 433 g/mol. The van der Waals surface area contributed by atoms with E-state index in [-0.39, 0.29) is 6.04 Å². The Balaban J connectivity index is 2.28. The molecule has 0 spiro atoms. The fourth-order valence-corrected chi connectivity index (χ4v) is 4.26. The first kappa shape index (κ1) is 16.7. The molecule has 0 bridgehead atoms. The summed E-state index contributed by atoms with van der Waals surface area (Å²) in [6.45, 7) is 3.61. The largest absolute Gasteiger partial charge is 0.241 e. The third-order valence-electron chi connectivity index (χ3n) is 3.14. The van der Waals surface area contributed by atoms with Crippen LogP contribution in [0.1, 0.15) is 24.1 Å². The van der Waals surface area contributed by atoms with E-state index in [1.165, 1.54) is 0 Å². The first-order valence-corrected chi connectivity index (χ1v) is 9.40. The van der Waals surface area contributed by atoms with Gasteiger partial charge in [0.2, 0.25) is 10.0 Å². The molecule has 0 aliphatic heterocycles. The van der Waals surface area contributed by atoms with Crippen LogP contribution in [0.3, 0.4) is 0 Å². The van der Waals surface area contributed by atoms with E-state index >= 15 is 0 Å². The molecule has 2 aromatic carbocycles. The van der Waals surface area contributed by atoms with E-state index < -0.39 is 10.0 Å². The van der Waals surface area contributed by atoms with Gasteiger partial charge in [-0.25, -0.2) is 13.1 Å². The van der Waals surface area contributed by atoms with Gasteiger partial charge >= 0.3 is 0 Å². The maximum atomic E-state index is 12.5. The van der Waals surface area contributed by atoms with Crippen LogP contribution in [0.5, 0.6) is 0 Å². The van der Waals surface area contributed by atoms with Gasteiger partial charge in [0.1, 0.15) is 0 Å². The first-order chi connectivity index (χ1) is 9.79. The molecule has 0 fully saturated rings. The minimum Gasteiger partial charge on any atom is -0.207 e. The van der Waals surface area contributed by atoms with Gasteiger partial charge in [0, 0.05) is 15.0 Å². The summed E-state index contributed by atoms with van der Waals surface area (Å²) in [5, 5.41) is 0. The highest BCUT2D eigenvalue weighted by molar-refractivity contribution is 9.10. The SMILES string of the molecule is Cc1ccc(Br)cc1S(=O)(=O)NC(C)c1ccc(Br)cc1. The second kappa shape index (κ2) is 6.60. The standard InChI is InChI=1S/C15H15Br2NO2S/c1-10-3-6-14(17)9-15(10)21(19,20)18-11(2)12-4-7-13(16)8-5-12/h3-9,11,18H,1-2H3. The van der Waals surface area contributed by atoms with Gasteiger partial charge in [-0.2, -0.15) is 0 Å². The monoisotopic (exact) mass is 431 g/mol. The van der Waals surface area contributed by atoms with Crippen LogP contribution in [0.4, 0.5) is 0 Å². The molecule has 0 amide bonds. The number of halogens is 2. The van der Waals surface area contributed by atoms with Crippen LogP contribution in [-0.2, 0) is 10.0 Å². The molecule has 0 saturated heterocycles. The molecule has 2 rings (SSSR count). The lowest BCUT2D eigenvalue weighted by Gasteiger charge is -2.16. The van der Waals surface area contributed by atoms with Gasteiger partial charge in [-0.3, -0.25) is 0 Å². The van der Waals surface area contributed by atoms with E-state index in [0.29, 0.717) is 10.5 Å². The molecule has 0 heterocycles. The average Bonchev–Trinajstić information content (AvgIpc) is 2.41. The predicted molar refractivity (Wildman–Crippen MR) is 91.8 cm³/mol. The van der Waals surface area contributed by atoms with Crippen molar-refractivity contribution in [3.8, 4) is 0 Å². The van der Waals surface area contributed by atoms with Crippen molar-refractivity contribution >= 4 is 41.9 Å². The maximum Gasteiger partial charge on any atom is 0.241 e. The Morgan fingerprint density at radius 1 is 1.00 bits per heavy atom. The molecule has 3 nitrogen and oxygen atoms in total. The Morgan fingerprint density at radius 3 is 2.19 bits per heavy atom. The Kier molecular flexibility index (Phi) is 5.24. The van der Waals surface area contributed by atoms with Crippen LogP contribution in [-0.4, -0.2) is 8.42 Å². The lowest BCUT2D eigenvalue weighted by Crippen LogP contribution is -2.27. The molecule has 1 N–H and O–H groups in total. The van der Waals surface area contributed by atoms with Crippen molar-refractivity contribution in [1.29, 1.82) is 0 Å². The molecule has 0 aliphatic rings. The van der Waals surface area contributed by atoms with Gasteiger partial charge in [0.25, 0.3) is 0 Å². The third kappa shape index (κ3) is 4.16. The Bertz CT molecular complexity index is 743. The summed E-state index contributed by atoms with van der Waals surface area (Å²) in [6, 6.07) is 12.5. The zero-order valence-electron chi connectivity index (χ0n) is 11.6. The molecule has 0 aromatic heterocycles. The van der Waals surface area contributed by atoms with Gasteiger partial charge in [-0.1, -0.05) is 50.1 Å². The van der Waals surface area contributed by atoms with Crippen LogP contribution >= 0.6 is 31.9 Å². The third-order valence-corrected chi connectivity index (χ3v) is 5.85. The Labute approximate surface area is 142 Å². The van der Waals surface area contributed by atoms with E-state index in [9.17, 15) is 8.42 Å². The molecule has 0 aliphatic carbocycles. The van der Waals surface area contributed by atoms with Gasteiger partial charge in [0.05, 0.1) is 4.90 Å². The van der Waals surface area contributed by atoms with E-state index in [1.54, 1.807) is 19.1 Å². The topological polar surface area (TPSA) is 46.2 Å². The molecule has 0 radical (unpaired) electrons. The van der Waals surface area contributed by atoms with Crippen molar-refractivity contribution in [2.45, 2.75) is 24.8 Å². The van der Waals surface area contributed by atoms with Gasteiger partial charge in [0.15, 0.2) is 0 Å². The second-order valence-electron chi connectivity index (χ2n) is 4.80.